The Morgan fingerprint density at radius 1 is 0.929 bits per heavy atom. The molecule has 28 heavy (non-hydrogen) atoms. The second kappa shape index (κ2) is 7.70. The molecule has 0 saturated carbocycles. The Morgan fingerprint density at radius 2 is 1.68 bits per heavy atom. The fourth-order valence-corrected chi connectivity index (χ4v) is 5.86. The highest BCUT2D eigenvalue weighted by Gasteiger charge is 2.50. The molecule has 0 unspecified atom stereocenters. The Morgan fingerprint density at radius 3 is 2.39 bits per heavy atom. The van der Waals surface area contributed by atoms with Crippen molar-refractivity contribution in [1.82, 2.24) is 4.90 Å². The van der Waals surface area contributed by atoms with Gasteiger partial charge in [0.1, 0.15) is 0 Å². The lowest BCUT2D eigenvalue weighted by Gasteiger charge is -2.48. The van der Waals surface area contributed by atoms with Crippen molar-refractivity contribution in [3.05, 3.63) is 65.2 Å². The molecule has 3 nitrogen and oxygen atoms in total. The van der Waals surface area contributed by atoms with Crippen molar-refractivity contribution in [2.75, 3.05) is 24.5 Å². The van der Waals surface area contributed by atoms with Crippen molar-refractivity contribution >= 4 is 18.1 Å². The molecule has 5 rings (SSSR count). The molecular formula is C24H31ClN2O. The second-order valence-electron chi connectivity index (χ2n) is 8.71. The van der Waals surface area contributed by atoms with Crippen molar-refractivity contribution in [2.45, 2.75) is 56.7 Å². The van der Waals surface area contributed by atoms with E-state index in [0.717, 1.165) is 38.9 Å². The van der Waals surface area contributed by atoms with Crippen molar-refractivity contribution in [3.63, 3.8) is 0 Å². The highest BCUT2D eigenvalue weighted by atomic mass is 35.5. The number of benzene rings is 2. The first-order chi connectivity index (χ1) is 13.2. The van der Waals surface area contributed by atoms with Gasteiger partial charge in [0.05, 0.1) is 11.6 Å². The maximum Gasteiger partial charge on any atom is 0.0789 e. The molecule has 2 saturated heterocycles. The van der Waals surface area contributed by atoms with E-state index in [1.54, 1.807) is 11.1 Å². The molecule has 2 aromatic rings. The topological polar surface area (TPSA) is 26.7 Å². The fraction of sp³-hybridized carbons (Fsp3) is 0.500. The smallest absolute Gasteiger partial charge is 0.0789 e. The maximum absolute atomic E-state index is 10.9. The predicted octanol–water partition coefficient (Wildman–Crippen LogP) is 3.99. The normalized spacial score (nSPS) is 26.3. The summed E-state index contributed by atoms with van der Waals surface area (Å²) < 4.78 is 0. The van der Waals surface area contributed by atoms with Gasteiger partial charge < -0.3 is 10.0 Å². The van der Waals surface area contributed by atoms with E-state index in [1.807, 2.05) is 0 Å². The van der Waals surface area contributed by atoms with Crippen molar-refractivity contribution in [2.24, 2.45) is 0 Å². The Labute approximate surface area is 174 Å². The molecule has 1 spiro atoms. The number of aryl methyl sites for hydroxylation is 1. The third-order valence-corrected chi connectivity index (χ3v) is 7.43. The van der Waals surface area contributed by atoms with Crippen LogP contribution in [-0.2, 0) is 12.8 Å². The lowest BCUT2D eigenvalue weighted by molar-refractivity contribution is 0.0428. The van der Waals surface area contributed by atoms with Crippen LogP contribution in [0, 0.1) is 6.92 Å². The molecule has 1 N–H and O–H groups in total. The van der Waals surface area contributed by atoms with Crippen LogP contribution >= 0.6 is 12.4 Å². The first-order valence-electron chi connectivity index (χ1n) is 10.5. The predicted molar refractivity (Wildman–Crippen MR) is 118 cm³/mol. The van der Waals surface area contributed by atoms with E-state index < -0.39 is 0 Å². The van der Waals surface area contributed by atoms with E-state index in [4.69, 9.17) is 0 Å². The number of para-hydroxylation sites is 1. The van der Waals surface area contributed by atoms with Gasteiger partial charge in [-0.3, -0.25) is 4.90 Å². The SMILES string of the molecule is Cc1cccc2c1C[C@H](N1CCC3(CC1)[C@H](O)CCN3c1ccccc1)C2.Cl. The van der Waals surface area contributed by atoms with Crippen molar-refractivity contribution < 1.29 is 5.11 Å². The number of piperidine rings is 1. The molecule has 0 amide bonds. The van der Waals surface area contributed by atoms with Gasteiger partial charge in [-0.05, 0) is 67.9 Å². The minimum atomic E-state index is -0.206. The molecule has 1 aliphatic carbocycles. The Balaban J connectivity index is 0.00000192. The van der Waals surface area contributed by atoms with Crippen LogP contribution in [0.4, 0.5) is 5.69 Å². The molecule has 0 bridgehead atoms. The zero-order chi connectivity index (χ0) is 18.4. The number of hydrogen-bond acceptors (Lipinski definition) is 3. The summed E-state index contributed by atoms with van der Waals surface area (Å²) in [5, 5.41) is 10.9. The lowest BCUT2D eigenvalue weighted by Crippen LogP contribution is -2.58. The molecule has 3 aliphatic rings. The third kappa shape index (κ3) is 3.14. The van der Waals surface area contributed by atoms with E-state index >= 15 is 0 Å². The molecule has 2 fully saturated rings. The minimum Gasteiger partial charge on any atom is -0.391 e. The summed E-state index contributed by atoms with van der Waals surface area (Å²) in [4.78, 5) is 5.20. The summed E-state index contributed by atoms with van der Waals surface area (Å²) in [5.74, 6) is 0. The number of likely N-dealkylation sites (tertiary alicyclic amines) is 1. The molecule has 2 aliphatic heterocycles. The van der Waals surface area contributed by atoms with Gasteiger partial charge in [-0.15, -0.1) is 12.4 Å². The summed E-state index contributed by atoms with van der Waals surface area (Å²) in [5.41, 5.74) is 5.78. The number of hydrogen-bond donors (Lipinski definition) is 1. The van der Waals surface area contributed by atoms with Gasteiger partial charge in [0, 0.05) is 31.4 Å². The molecule has 2 heterocycles. The second-order valence-corrected chi connectivity index (χ2v) is 8.71. The quantitative estimate of drug-likeness (QED) is 0.828. The summed E-state index contributed by atoms with van der Waals surface area (Å²) in [6, 6.07) is 18.1. The lowest BCUT2D eigenvalue weighted by atomic mass is 9.82. The first-order valence-corrected chi connectivity index (χ1v) is 10.5. The number of nitrogens with zero attached hydrogens (tertiary/aromatic N) is 2. The number of aliphatic hydroxyl groups is 1. The highest BCUT2D eigenvalue weighted by Crippen LogP contribution is 2.42. The third-order valence-electron chi connectivity index (χ3n) is 7.43. The Hall–Kier alpha value is -1.55. The molecule has 2 atom stereocenters. The Kier molecular flexibility index (Phi) is 5.43. The van der Waals surface area contributed by atoms with Gasteiger partial charge in [-0.25, -0.2) is 0 Å². The van der Waals surface area contributed by atoms with Crippen LogP contribution < -0.4 is 4.90 Å². The van der Waals surface area contributed by atoms with Crippen LogP contribution in [0.5, 0.6) is 0 Å². The standard InChI is InChI=1S/C24H30N2O.ClH/c1-18-6-5-7-19-16-21(17-22(18)19)25-14-11-24(12-15-25)23(27)10-13-26(24)20-8-3-2-4-9-20;/h2-9,21,23,27H,10-17H2,1H3;1H/t21-,23-;/m1./s1. The van der Waals surface area contributed by atoms with Crippen LogP contribution in [0.25, 0.3) is 0 Å². The van der Waals surface area contributed by atoms with Crippen LogP contribution in [0.2, 0.25) is 0 Å². The van der Waals surface area contributed by atoms with Gasteiger partial charge >= 0.3 is 0 Å². The molecule has 4 heteroatoms. The maximum atomic E-state index is 10.9. The molecule has 0 aromatic heterocycles. The average Bonchev–Trinajstić information content (AvgIpc) is 3.27. The molecule has 0 radical (unpaired) electrons. The van der Waals surface area contributed by atoms with Crippen LogP contribution in [0.3, 0.4) is 0 Å². The number of halogens is 1. The van der Waals surface area contributed by atoms with Gasteiger partial charge in [0.25, 0.3) is 0 Å². The highest BCUT2D eigenvalue weighted by molar-refractivity contribution is 5.85. The number of rotatable bonds is 2. The summed E-state index contributed by atoms with van der Waals surface area (Å²) >= 11 is 0. The Bertz CT molecular complexity index is 817. The zero-order valence-electron chi connectivity index (χ0n) is 16.7. The number of fused-ring (bicyclic) bond motifs is 1. The molecule has 150 valence electrons. The first kappa shape index (κ1) is 19.8. The van der Waals surface area contributed by atoms with Crippen molar-refractivity contribution in [3.8, 4) is 0 Å². The van der Waals surface area contributed by atoms with Crippen LogP contribution in [0.15, 0.2) is 48.5 Å². The van der Waals surface area contributed by atoms with E-state index in [2.05, 4.69) is 65.3 Å². The van der Waals surface area contributed by atoms with Gasteiger partial charge in [0.2, 0.25) is 0 Å². The van der Waals surface area contributed by atoms with Crippen LogP contribution in [-0.4, -0.2) is 47.3 Å². The number of anilines is 1. The summed E-state index contributed by atoms with van der Waals surface area (Å²) in [7, 11) is 0. The fourth-order valence-electron chi connectivity index (χ4n) is 5.86. The molecule has 2 aromatic carbocycles. The van der Waals surface area contributed by atoms with Crippen LogP contribution in [0.1, 0.15) is 36.0 Å². The van der Waals surface area contributed by atoms with Gasteiger partial charge in [-0.1, -0.05) is 36.4 Å². The minimum absolute atomic E-state index is 0. The molecular weight excluding hydrogens is 368 g/mol. The van der Waals surface area contributed by atoms with E-state index in [-0.39, 0.29) is 24.0 Å². The zero-order valence-corrected chi connectivity index (χ0v) is 17.5. The van der Waals surface area contributed by atoms with Crippen molar-refractivity contribution in [1.29, 1.82) is 0 Å². The summed E-state index contributed by atoms with van der Waals surface area (Å²) in [6.07, 6.45) is 5.20. The largest absolute Gasteiger partial charge is 0.391 e. The monoisotopic (exact) mass is 398 g/mol. The van der Waals surface area contributed by atoms with Gasteiger partial charge in [0.15, 0.2) is 0 Å². The van der Waals surface area contributed by atoms with E-state index in [1.165, 1.54) is 24.1 Å². The van der Waals surface area contributed by atoms with Gasteiger partial charge in [-0.2, -0.15) is 0 Å². The summed E-state index contributed by atoms with van der Waals surface area (Å²) in [6.45, 7) is 5.41. The van der Waals surface area contributed by atoms with E-state index in [9.17, 15) is 5.11 Å². The van der Waals surface area contributed by atoms with E-state index in [0.29, 0.717) is 6.04 Å². The average molecular weight is 399 g/mol. The number of aliphatic hydroxyl groups excluding tert-OH is 1.